The van der Waals surface area contributed by atoms with Crippen LogP contribution in [0.2, 0.25) is 0 Å². The molecule has 3 saturated carbocycles. The number of rotatable bonds is 2. The number of fused-ring (bicyclic) bond motifs is 3. The molecule has 3 aliphatic carbocycles. The molecule has 2 heteroatoms. The summed E-state index contributed by atoms with van der Waals surface area (Å²) >= 11 is 0. The lowest BCUT2D eigenvalue weighted by atomic mass is 9.61. The average Bonchev–Trinajstić information content (AvgIpc) is 2.83. The first kappa shape index (κ1) is 12.5. The van der Waals surface area contributed by atoms with E-state index in [2.05, 4.69) is 0 Å². The summed E-state index contributed by atoms with van der Waals surface area (Å²) in [4.78, 5) is 12.0. The van der Waals surface area contributed by atoms with Crippen LogP contribution >= 0.6 is 0 Å². The van der Waals surface area contributed by atoms with Gasteiger partial charge in [-0.25, -0.2) is 0 Å². The summed E-state index contributed by atoms with van der Waals surface area (Å²) < 4.78 is 5.27. The molecular weight excluding hydrogens is 224 g/mol. The number of carbonyl (C=O) groups is 1. The first-order valence-corrected chi connectivity index (χ1v) is 7.98. The molecular formula is C16H26O2. The SMILES string of the molecule is CCOC(=O)C1CCC2C3CCCCC3CCC12. The molecule has 0 aromatic carbocycles. The Labute approximate surface area is 110 Å². The van der Waals surface area contributed by atoms with Gasteiger partial charge in [0, 0.05) is 0 Å². The molecule has 0 aliphatic heterocycles. The number of hydrogen-bond donors (Lipinski definition) is 0. The third-order valence-electron chi connectivity index (χ3n) is 5.86. The zero-order valence-electron chi connectivity index (χ0n) is 11.6. The second kappa shape index (κ2) is 5.22. The fraction of sp³-hybridized carbons (Fsp3) is 0.938. The van der Waals surface area contributed by atoms with Gasteiger partial charge in [-0.2, -0.15) is 0 Å². The molecule has 0 aromatic heterocycles. The van der Waals surface area contributed by atoms with Crippen LogP contribution in [0.3, 0.4) is 0 Å². The second-order valence-electron chi connectivity index (χ2n) is 6.55. The molecule has 18 heavy (non-hydrogen) atoms. The summed E-state index contributed by atoms with van der Waals surface area (Å²) in [6.45, 7) is 2.46. The Hall–Kier alpha value is -0.530. The molecule has 3 aliphatic rings. The fourth-order valence-corrected chi connectivity index (χ4v) is 5.15. The van der Waals surface area contributed by atoms with Crippen molar-refractivity contribution in [3.63, 3.8) is 0 Å². The van der Waals surface area contributed by atoms with E-state index < -0.39 is 0 Å². The highest BCUT2D eigenvalue weighted by Crippen LogP contribution is 2.54. The van der Waals surface area contributed by atoms with Crippen LogP contribution in [0.25, 0.3) is 0 Å². The normalized spacial score (nSPS) is 43.1. The van der Waals surface area contributed by atoms with Crippen LogP contribution in [0.5, 0.6) is 0 Å². The summed E-state index contributed by atoms with van der Waals surface area (Å²) in [5.74, 6) is 3.76. The van der Waals surface area contributed by atoms with Crippen LogP contribution < -0.4 is 0 Å². The molecule has 0 heterocycles. The first-order chi connectivity index (χ1) is 8.81. The van der Waals surface area contributed by atoms with Gasteiger partial charge in [0.15, 0.2) is 0 Å². The van der Waals surface area contributed by atoms with Gasteiger partial charge in [-0.15, -0.1) is 0 Å². The van der Waals surface area contributed by atoms with Crippen molar-refractivity contribution in [1.82, 2.24) is 0 Å². The predicted octanol–water partition coefficient (Wildman–Crippen LogP) is 3.79. The van der Waals surface area contributed by atoms with Crippen molar-refractivity contribution in [3.8, 4) is 0 Å². The lowest BCUT2D eigenvalue weighted by Gasteiger charge is -2.44. The molecule has 0 saturated heterocycles. The number of hydrogen-bond acceptors (Lipinski definition) is 2. The Bertz CT molecular complexity index is 312. The molecule has 0 N–H and O–H groups in total. The molecule has 0 radical (unpaired) electrons. The summed E-state index contributed by atoms with van der Waals surface area (Å²) in [7, 11) is 0. The molecule has 5 atom stereocenters. The minimum absolute atomic E-state index is 0.0965. The summed E-state index contributed by atoms with van der Waals surface area (Å²) in [5, 5.41) is 0. The molecule has 102 valence electrons. The van der Waals surface area contributed by atoms with Crippen LogP contribution in [-0.4, -0.2) is 12.6 Å². The van der Waals surface area contributed by atoms with E-state index in [4.69, 9.17) is 4.74 Å². The number of carbonyl (C=O) groups excluding carboxylic acids is 1. The molecule has 0 amide bonds. The zero-order chi connectivity index (χ0) is 12.5. The molecule has 3 fully saturated rings. The quantitative estimate of drug-likeness (QED) is 0.697. The van der Waals surface area contributed by atoms with Crippen LogP contribution in [0.15, 0.2) is 0 Å². The first-order valence-electron chi connectivity index (χ1n) is 7.98. The van der Waals surface area contributed by atoms with Gasteiger partial charge in [-0.1, -0.05) is 19.3 Å². The summed E-state index contributed by atoms with van der Waals surface area (Å²) in [6.07, 6.45) is 10.8. The fourth-order valence-electron chi connectivity index (χ4n) is 5.15. The van der Waals surface area contributed by atoms with Crippen molar-refractivity contribution in [2.75, 3.05) is 6.61 Å². The van der Waals surface area contributed by atoms with Gasteiger partial charge in [0.25, 0.3) is 0 Å². The Balaban J connectivity index is 1.69. The zero-order valence-corrected chi connectivity index (χ0v) is 11.6. The van der Waals surface area contributed by atoms with Gasteiger partial charge < -0.3 is 4.74 Å². The van der Waals surface area contributed by atoms with Crippen molar-refractivity contribution in [2.24, 2.45) is 29.6 Å². The molecule has 3 rings (SSSR count). The third-order valence-corrected chi connectivity index (χ3v) is 5.86. The van der Waals surface area contributed by atoms with E-state index in [1.54, 1.807) is 0 Å². The van der Waals surface area contributed by atoms with Crippen molar-refractivity contribution in [3.05, 3.63) is 0 Å². The molecule has 0 spiro atoms. The largest absolute Gasteiger partial charge is 0.466 e. The smallest absolute Gasteiger partial charge is 0.309 e. The van der Waals surface area contributed by atoms with Crippen molar-refractivity contribution >= 4 is 5.97 Å². The number of esters is 1. The number of ether oxygens (including phenoxy) is 1. The van der Waals surface area contributed by atoms with Gasteiger partial charge in [0.2, 0.25) is 0 Å². The minimum Gasteiger partial charge on any atom is -0.466 e. The van der Waals surface area contributed by atoms with Gasteiger partial charge in [0.1, 0.15) is 0 Å². The molecule has 0 aromatic rings. The second-order valence-corrected chi connectivity index (χ2v) is 6.55. The Morgan fingerprint density at radius 1 is 0.944 bits per heavy atom. The third kappa shape index (κ3) is 2.08. The molecule has 0 bridgehead atoms. The predicted molar refractivity (Wildman–Crippen MR) is 71.0 cm³/mol. The van der Waals surface area contributed by atoms with Crippen molar-refractivity contribution in [1.29, 1.82) is 0 Å². The van der Waals surface area contributed by atoms with Gasteiger partial charge in [-0.05, 0) is 62.7 Å². The maximum Gasteiger partial charge on any atom is 0.309 e. The van der Waals surface area contributed by atoms with Gasteiger partial charge >= 0.3 is 5.97 Å². The van der Waals surface area contributed by atoms with Gasteiger partial charge in [0.05, 0.1) is 12.5 Å². The Kier molecular flexibility index (Phi) is 3.63. The highest BCUT2D eigenvalue weighted by atomic mass is 16.5. The molecule has 5 unspecified atom stereocenters. The van der Waals surface area contributed by atoms with Crippen LogP contribution in [-0.2, 0) is 9.53 Å². The molecule has 2 nitrogen and oxygen atoms in total. The average molecular weight is 250 g/mol. The van der Waals surface area contributed by atoms with Crippen LogP contribution in [0.4, 0.5) is 0 Å². The van der Waals surface area contributed by atoms with Crippen LogP contribution in [0, 0.1) is 29.6 Å². The van der Waals surface area contributed by atoms with E-state index >= 15 is 0 Å². The maximum absolute atomic E-state index is 12.0. The monoisotopic (exact) mass is 250 g/mol. The lowest BCUT2D eigenvalue weighted by molar-refractivity contribution is -0.150. The van der Waals surface area contributed by atoms with Crippen LogP contribution in [0.1, 0.15) is 58.3 Å². The van der Waals surface area contributed by atoms with E-state index in [1.165, 1.54) is 44.9 Å². The highest BCUT2D eigenvalue weighted by Gasteiger charge is 2.48. The maximum atomic E-state index is 12.0. The summed E-state index contributed by atoms with van der Waals surface area (Å²) in [6, 6.07) is 0. The van der Waals surface area contributed by atoms with Crippen molar-refractivity contribution < 1.29 is 9.53 Å². The van der Waals surface area contributed by atoms with E-state index in [-0.39, 0.29) is 11.9 Å². The minimum atomic E-state index is 0.0965. The Morgan fingerprint density at radius 2 is 1.72 bits per heavy atom. The van der Waals surface area contributed by atoms with Crippen molar-refractivity contribution in [2.45, 2.75) is 58.3 Å². The van der Waals surface area contributed by atoms with E-state index in [9.17, 15) is 4.79 Å². The highest BCUT2D eigenvalue weighted by molar-refractivity contribution is 5.73. The van der Waals surface area contributed by atoms with E-state index in [1.807, 2.05) is 6.92 Å². The lowest BCUT2D eigenvalue weighted by Crippen LogP contribution is -2.37. The topological polar surface area (TPSA) is 26.3 Å². The standard InChI is InChI=1S/C16H26O2/c1-2-18-16(17)15-10-9-13-12-6-4-3-5-11(12)7-8-14(13)15/h11-15H,2-10H2,1H3. The summed E-state index contributed by atoms with van der Waals surface area (Å²) in [5.41, 5.74) is 0. The Morgan fingerprint density at radius 3 is 2.56 bits per heavy atom. The van der Waals surface area contributed by atoms with E-state index in [0.717, 1.165) is 24.2 Å². The van der Waals surface area contributed by atoms with E-state index in [0.29, 0.717) is 12.5 Å². The van der Waals surface area contributed by atoms with Gasteiger partial charge in [-0.3, -0.25) is 4.79 Å².